The molecule has 0 aliphatic rings. The summed E-state index contributed by atoms with van der Waals surface area (Å²) in [5, 5.41) is 6.22. The number of nitrogen functional groups attached to an aromatic ring is 1. The molecule has 0 aliphatic carbocycles. The van der Waals surface area contributed by atoms with Crippen LogP contribution in [-0.2, 0) is 10.0 Å². The topological polar surface area (TPSA) is 101 Å². The summed E-state index contributed by atoms with van der Waals surface area (Å²) in [6.45, 7) is 0. The highest BCUT2D eigenvalue weighted by Gasteiger charge is 2.18. The number of anilines is 2. The van der Waals surface area contributed by atoms with Crippen molar-refractivity contribution in [3.05, 3.63) is 35.6 Å². The van der Waals surface area contributed by atoms with E-state index in [2.05, 4.69) is 14.9 Å². The molecule has 0 atom stereocenters. The van der Waals surface area contributed by atoms with Crippen LogP contribution >= 0.6 is 11.6 Å². The molecule has 0 amide bonds. The molecule has 0 aliphatic heterocycles. The Morgan fingerprint density at radius 3 is 2.76 bits per heavy atom. The lowest BCUT2D eigenvalue weighted by Gasteiger charge is -2.10. The van der Waals surface area contributed by atoms with Gasteiger partial charge in [0.25, 0.3) is 10.0 Å². The van der Waals surface area contributed by atoms with E-state index in [1.807, 2.05) is 0 Å². The highest BCUT2D eigenvalue weighted by molar-refractivity contribution is 7.92. The highest BCUT2D eigenvalue weighted by atomic mass is 35.5. The number of hydrogen-bond donors (Lipinski definition) is 3. The number of halogens is 1. The first-order valence-corrected chi connectivity index (χ1v) is 6.42. The molecule has 90 valence electrons. The number of aromatic nitrogens is 2. The Hall–Kier alpha value is -1.73. The lowest BCUT2D eigenvalue weighted by Crippen LogP contribution is -2.13. The standard InChI is InChI=1S/C9H9ClN4O2S/c10-7-2-1-3-8(11)9(7)14-17(15,16)6-4-12-13-5-6/h1-5,14H,11H2,(H,12,13). The predicted molar refractivity (Wildman–Crippen MR) is 65.3 cm³/mol. The molecule has 0 bridgehead atoms. The minimum Gasteiger partial charge on any atom is -0.397 e. The first-order valence-electron chi connectivity index (χ1n) is 4.56. The van der Waals surface area contributed by atoms with Gasteiger partial charge < -0.3 is 5.73 Å². The third kappa shape index (κ3) is 2.34. The quantitative estimate of drug-likeness (QED) is 0.736. The zero-order chi connectivity index (χ0) is 12.5. The van der Waals surface area contributed by atoms with E-state index in [-0.39, 0.29) is 21.3 Å². The second-order valence-electron chi connectivity index (χ2n) is 3.24. The van der Waals surface area contributed by atoms with Gasteiger partial charge in [-0.15, -0.1) is 0 Å². The van der Waals surface area contributed by atoms with Gasteiger partial charge >= 0.3 is 0 Å². The van der Waals surface area contributed by atoms with Crippen molar-refractivity contribution < 1.29 is 8.42 Å². The molecule has 0 fully saturated rings. The Labute approximate surface area is 103 Å². The monoisotopic (exact) mass is 272 g/mol. The summed E-state index contributed by atoms with van der Waals surface area (Å²) >= 11 is 5.87. The Morgan fingerprint density at radius 1 is 1.41 bits per heavy atom. The third-order valence-electron chi connectivity index (χ3n) is 2.07. The van der Waals surface area contributed by atoms with Gasteiger partial charge in [0.1, 0.15) is 4.90 Å². The van der Waals surface area contributed by atoms with Gasteiger partial charge in [-0.05, 0) is 12.1 Å². The summed E-state index contributed by atoms with van der Waals surface area (Å²) in [4.78, 5) is 0.0109. The molecule has 1 aromatic heterocycles. The Bertz CT molecular complexity index is 604. The summed E-state index contributed by atoms with van der Waals surface area (Å²) in [5.74, 6) is 0. The van der Waals surface area contributed by atoms with Crippen LogP contribution in [0.4, 0.5) is 11.4 Å². The van der Waals surface area contributed by atoms with Gasteiger partial charge in [-0.2, -0.15) is 5.10 Å². The molecule has 8 heteroatoms. The van der Waals surface area contributed by atoms with E-state index in [1.54, 1.807) is 18.2 Å². The Balaban J connectivity index is 2.40. The summed E-state index contributed by atoms with van der Waals surface area (Å²) in [7, 11) is -3.72. The minimum absolute atomic E-state index is 0.0109. The molecule has 1 aromatic carbocycles. The first-order chi connectivity index (χ1) is 8.00. The maximum absolute atomic E-state index is 11.9. The van der Waals surface area contributed by atoms with E-state index in [0.717, 1.165) is 0 Å². The van der Waals surface area contributed by atoms with Crippen LogP contribution < -0.4 is 10.5 Å². The fourth-order valence-corrected chi connectivity index (χ4v) is 2.53. The zero-order valence-corrected chi connectivity index (χ0v) is 10.1. The Kier molecular flexibility index (Phi) is 2.95. The lowest BCUT2D eigenvalue weighted by molar-refractivity contribution is 0.601. The van der Waals surface area contributed by atoms with Crippen LogP contribution in [0.5, 0.6) is 0 Å². The van der Waals surface area contributed by atoms with Crippen molar-refractivity contribution in [3.8, 4) is 0 Å². The molecule has 2 aromatic rings. The average molecular weight is 273 g/mol. The molecule has 0 saturated heterocycles. The first kappa shape index (κ1) is 11.7. The molecule has 0 radical (unpaired) electrons. The maximum Gasteiger partial charge on any atom is 0.265 e. The van der Waals surface area contributed by atoms with Crippen LogP contribution in [-0.4, -0.2) is 18.6 Å². The van der Waals surface area contributed by atoms with E-state index in [0.29, 0.717) is 0 Å². The summed E-state index contributed by atoms with van der Waals surface area (Å²) in [6, 6.07) is 4.73. The molecular weight excluding hydrogens is 264 g/mol. The fraction of sp³-hybridized carbons (Fsp3) is 0. The number of para-hydroxylation sites is 1. The average Bonchev–Trinajstić information content (AvgIpc) is 2.77. The van der Waals surface area contributed by atoms with Crippen molar-refractivity contribution in [1.82, 2.24) is 10.2 Å². The van der Waals surface area contributed by atoms with Gasteiger partial charge in [0.05, 0.1) is 22.6 Å². The van der Waals surface area contributed by atoms with Crippen LogP contribution in [0.2, 0.25) is 5.02 Å². The maximum atomic E-state index is 11.9. The summed E-state index contributed by atoms with van der Waals surface area (Å²) in [5.41, 5.74) is 6.06. The number of nitrogens with one attached hydrogen (secondary N) is 2. The number of H-pyrrole nitrogens is 1. The number of nitrogens with two attached hydrogens (primary N) is 1. The second-order valence-corrected chi connectivity index (χ2v) is 5.33. The van der Waals surface area contributed by atoms with Crippen molar-refractivity contribution in [2.45, 2.75) is 4.90 Å². The lowest BCUT2D eigenvalue weighted by atomic mass is 10.3. The number of hydrogen-bond acceptors (Lipinski definition) is 4. The summed E-state index contributed by atoms with van der Waals surface area (Å²) < 4.78 is 26.1. The predicted octanol–water partition coefficient (Wildman–Crippen LogP) is 1.45. The number of sulfonamides is 1. The molecule has 1 heterocycles. The van der Waals surface area contributed by atoms with E-state index < -0.39 is 10.0 Å². The van der Waals surface area contributed by atoms with E-state index >= 15 is 0 Å². The Morgan fingerprint density at radius 2 is 2.18 bits per heavy atom. The van der Waals surface area contributed by atoms with Crippen LogP contribution in [0.1, 0.15) is 0 Å². The van der Waals surface area contributed by atoms with Crippen LogP contribution in [0, 0.1) is 0 Å². The van der Waals surface area contributed by atoms with Gasteiger partial charge in [0.15, 0.2) is 0 Å². The highest BCUT2D eigenvalue weighted by Crippen LogP contribution is 2.29. The molecule has 0 spiro atoms. The largest absolute Gasteiger partial charge is 0.397 e. The SMILES string of the molecule is Nc1cccc(Cl)c1NS(=O)(=O)c1cn[nH]c1. The fourth-order valence-electron chi connectivity index (χ4n) is 1.23. The molecule has 0 unspecified atom stereocenters. The smallest absolute Gasteiger partial charge is 0.265 e. The van der Waals surface area contributed by atoms with Crippen molar-refractivity contribution >= 4 is 33.0 Å². The van der Waals surface area contributed by atoms with Crippen LogP contribution in [0.15, 0.2) is 35.5 Å². The molecule has 17 heavy (non-hydrogen) atoms. The second kappa shape index (κ2) is 4.27. The van der Waals surface area contributed by atoms with Gasteiger partial charge in [-0.3, -0.25) is 9.82 Å². The zero-order valence-electron chi connectivity index (χ0n) is 8.51. The van der Waals surface area contributed by atoms with Crippen LogP contribution in [0.25, 0.3) is 0 Å². The minimum atomic E-state index is -3.72. The van der Waals surface area contributed by atoms with Gasteiger partial charge in [0, 0.05) is 6.20 Å². The third-order valence-corrected chi connectivity index (χ3v) is 3.70. The van der Waals surface area contributed by atoms with Crippen LogP contribution in [0.3, 0.4) is 0 Å². The molecule has 4 N–H and O–H groups in total. The number of benzene rings is 1. The number of aromatic amines is 1. The van der Waals surface area contributed by atoms with Crippen molar-refractivity contribution in [1.29, 1.82) is 0 Å². The molecular formula is C9H9ClN4O2S. The van der Waals surface area contributed by atoms with Gasteiger partial charge in [0.2, 0.25) is 0 Å². The van der Waals surface area contributed by atoms with Crippen molar-refractivity contribution in [2.75, 3.05) is 10.5 Å². The number of nitrogens with zero attached hydrogens (tertiary/aromatic N) is 1. The van der Waals surface area contributed by atoms with Crippen molar-refractivity contribution in [3.63, 3.8) is 0 Å². The molecule has 2 rings (SSSR count). The van der Waals surface area contributed by atoms with Gasteiger partial charge in [-0.1, -0.05) is 17.7 Å². The normalized spacial score (nSPS) is 11.4. The number of rotatable bonds is 3. The summed E-state index contributed by atoms with van der Waals surface area (Å²) in [6.07, 6.45) is 2.45. The van der Waals surface area contributed by atoms with E-state index in [4.69, 9.17) is 17.3 Å². The van der Waals surface area contributed by atoms with E-state index in [9.17, 15) is 8.42 Å². The molecule has 0 saturated carbocycles. The van der Waals surface area contributed by atoms with E-state index in [1.165, 1.54) is 12.4 Å². The van der Waals surface area contributed by atoms with Crippen molar-refractivity contribution in [2.24, 2.45) is 0 Å². The molecule has 6 nitrogen and oxygen atoms in total. The van der Waals surface area contributed by atoms with Gasteiger partial charge in [-0.25, -0.2) is 8.42 Å².